The van der Waals surface area contributed by atoms with Gasteiger partial charge in [0.05, 0.1) is 5.02 Å². The Hall–Kier alpha value is -3.40. The van der Waals surface area contributed by atoms with Gasteiger partial charge in [-0.2, -0.15) is 4.98 Å². The van der Waals surface area contributed by atoms with Gasteiger partial charge in [0.2, 0.25) is 5.82 Å². The first-order valence-corrected chi connectivity index (χ1v) is 9.77. The van der Waals surface area contributed by atoms with E-state index in [1.807, 2.05) is 13.0 Å². The highest BCUT2D eigenvalue weighted by atomic mass is 35.5. The third-order valence-corrected chi connectivity index (χ3v) is 5.02. The maximum atomic E-state index is 12.3. The van der Waals surface area contributed by atoms with Crippen LogP contribution in [0.5, 0.6) is 6.08 Å². The minimum absolute atomic E-state index is 0.0310. The van der Waals surface area contributed by atoms with E-state index in [-0.39, 0.29) is 12.7 Å². The average Bonchev–Trinajstić information content (AvgIpc) is 3.31. The first-order valence-electron chi connectivity index (χ1n) is 9.39. The summed E-state index contributed by atoms with van der Waals surface area (Å²) in [7, 11) is 1.68. The summed E-state index contributed by atoms with van der Waals surface area (Å²) in [6.07, 6.45) is 1.63. The Bertz CT molecular complexity index is 1320. The molecule has 0 aliphatic carbocycles. The maximum absolute atomic E-state index is 12.3. The van der Waals surface area contributed by atoms with Gasteiger partial charge >= 0.3 is 11.8 Å². The van der Waals surface area contributed by atoms with Gasteiger partial charge in [-0.05, 0) is 18.6 Å². The summed E-state index contributed by atoms with van der Waals surface area (Å²) in [6.45, 7) is 2.45. The van der Waals surface area contributed by atoms with Crippen molar-refractivity contribution in [1.82, 2.24) is 29.2 Å². The smallest absolute Gasteiger partial charge is 0.418 e. The lowest BCUT2D eigenvalue weighted by molar-refractivity contribution is 0.189. The van der Waals surface area contributed by atoms with E-state index in [0.717, 1.165) is 12.8 Å². The summed E-state index contributed by atoms with van der Waals surface area (Å²) in [5, 5.41) is 4.37. The fourth-order valence-electron chi connectivity index (χ4n) is 3.09. The number of rotatable bonds is 7. The maximum Gasteiger partial charge on any atom is 0.418 e. The van der Waals surface area contributed by atoms with E-state index in [2.05, 4.69) is 20.1 Å². The van der Waals surface area contributed by atoms with E-state index < -0.39 is 11.2 Å². The Morgan fingerprint density at radius 3 is 2.80 bits per heavy atom. The number of benzene rings is 1. The van der Waals surface area contributed by atoms with Crippen LogP contribution in [-0.4, -0.2) is 29.2 Å². The molecule has 0 aliphatic heterocycles. The number of unbranched alkanes of at least 4 members (excludes halogenated alkanes) is 1. The number of aromatic nitrogens is 6. The van der Waals surface area contributed by atoms with Gasteiger partial charge < -0.3 is 9.30 Å². The number of imidazole rings is 1. The van der Waals surface area contributed by atoms with Gasteiger partial charge in [-0.25, -0.2) is 9.78 Å². The molecule has 156 valence electrons. The molecular formula is C19H19ClN6O4. The molecule has 0 unspecified atom stereocenters. The Morgan fingerprint density at radius 2 is 2.03 bits per heavy atom. The molecule has 0 spiro atoms. The van der Waals surface area contributed by atoms with Crippen LogP contribution in [0.3, 0.4) is 0 Å². The molecule has 30 heavy (non-hydrogen) atoms. The number of aryl methyl sites for hydroxylation is 2. The zero-order valence-corrected chi connectivity index (χ0v) is 17.1. The van der Waals surface area contributed by atoms with Crippen molar-refractivity contribution in [2.75, 3.05) is 0 Å². The number of aromatic amines is 1. The van der Waals surface area contributed by atoms with Gasteiger partial charge in [0.25, 0.3) is 5.56 Å². The molecule has 1 N–H and O–H groups in total. The number of nitrogens with zero attached hydrogens (tertiary/aromatic N) is 5. The van der Waals surface area contributed by atoms with E-state index in [4.69, 9.17) is 20.9 Å². The monoisotopic (exact) mass is 430 g/mol. The number of H-pyrrole nitrogens is 1. The van der Waals surface area contributed by atoms with Crippen molar-refractivity contribution in [3.63, 3.8) is 0 Å². The second-order valence-corrected chi connectivity index (χ2v) is 7.08. The van der Waals surface area contributed by atoms with E-state index in [1.165, 1.54) is 4.57 Å². The predicted molar refractivity (Wildman–Crippen MR) is 110 cm³/mol. The number of hydrogen-bond donors (Lipinski definition) is 1. The predicted octanol–water partition coefficient (Wildman–Crippen LogP) is 2.51. The second kappa shape index (κ2) is 8.15. The molecule has 4 aromatic rings. The Labute approximate surface area is 175 Å². The largest absolute Gasteiger partial charge is 0.441 e. The van der Waals surface area contributed by atoms with Crippen LogP contribution in [0.4, 0.5) is 0 Å². The third kappa shape index (κ3) is 3.61. The lowest BCUT2D eigenvalue weighted by Crippen LogP contribution is -2.31. The molecule has 0 bridgehead atoms. The summed E-state index contributed by atoms with van der Waals surface area (Å²) in [5.41, 5.74) is 0.259. The molecule has 11 heteroatoms. The zero-order valence-electron chi connectivity index (χ0n) is 16.4. The Kier molecular flexibility index (Phi) is 5.40. The number of hydrogen-bond acceptors (Lipinski definition) is 7. The van der Waals surface area contributed by atoms with Crippen molar-refractivity contribution >= 4 is 22.8 Å². The quantitative estimate of drug-likeness (QED) is 0.478. The van der Waals surface area contributed by atoms with Gasteiger partial charge in [-0.15, -0.1) is 0 Å². The van der Waals surface area contributed by atoms with Crippen LogP contribution in [0, 0.1) is 0 Å². The molecule has 0 saturated heterocycles. The average molecular weight is 431 g/mol. The van der Waals surface area contributed by atoms with Crippen molar-refractivity contribution in [3.8, 4) is 17.5 Å². The van der Waals surface area contributed by atoms with E-state index in [9.17, 15) is 9.59 Å². The lowest BCUT2D eigenvalue weighted by atomic mass is 10.2. The molecule has 0 atom stereocenters. The van der Waals surface area contributed by atoms with Gasteiger partial charge in [0, 0.05) is 19.2 Å². The highest BCUT2D eigenvalue weighted by molar-refractivity contribution is 6.33. The summed E-state index contributed by atoms with van der Waals surface area (Å²) in [4.78, 5) is 35.5. The lowest BCUT2D eigenvalue weighted by Gasteiger charge is -2.04. The number of nitrogens with one attached hydrogen (secondary N) is 1. The second-order valence-electron chi connectivity index (χ2n) is 6.68. The standard InChI is InChI=1S/C19H19ClN6O4/c1-3-4-9-26-16-14(17(27)23-18(26)28)25(2)13(21-16)10-29-19-22-15(24-30-19)11-7-5-6-8-12(11)20/h5-8H,3-4,9-10H2,1-2H3,(H,23,27,28). The van der Waals surface area contributed by atoms with Crippen LogP contribution in [0.15, 0.2) is 38.4 Å². The van der Waals surface area contributed by atoms with Crippen LogP contribution in [0.25, 0.3) is 22.6 Å². The van der Waals surface area contributed by atoms with Gasteiger partial charge in [-0.1, -0.05) is 42.2 Å². The first-order chi connectivity index (χ1) is 14.5. The van der Waals surface area contributed by atoms with Crippen molar-refractivity contribution in [1.29, 1.82) is 0 Å². The minimum Gasteiger partial charge on any atom is -0.441 e. The third-order valence-electron chi connectivity index (χ3n) is 4.69. The van der Waals surface area contributed by atoms with Crippen molar-refractivity contribution in [2.24, 2.45) is 7.05 Å². The van der Waals surface area contributed by atoms with E-state index >= 15 is 0 Å². The SMILES string of the molecule is CCCCn1c(=O)[nH]c(=O)c2c1nc(COc1nc(-c3ccccc3Cl)no1)n2C. The topological polar surface area (TPSA) is 121 Å². The molecule has 1 aromatic carbocycles. The Balaban J connectivity index is 1.61. The highest BCUT2D eigenvalue weighted by Crippen LogP contribution is 2.26. The normalized spacial score (nSPS) is 11.3. The van der Waals surface area contributed by atoms with Crippen LogP contribution < -0.4 is 16.0 Å². The fourth-order valence-corrected chi connectivity index (χ4v) is 3.31. The first kappa shape index (κ1) is 19.9. The van der Waals surface area contributed by atoms with Gasteiger partial charge in [0.1, 0.15) is 5.82 Å². The molecule has 4 rings (SSSR count). The van der Waals surface area contributed by atoms with Gasteiger partial charge in [0.15, 0.2) is 17.8 Å². The molecule has 3 aromatic heterocycles. The molecule has 3 heterocycles. The fraction of sp³-hybridized carbons (Fsp3) is 0.316. The number of fused-ring (bicyclic) bond motifs is 1. The molecule has 0 radical (unpaired) electrons. The molecular weight excluding hydrogens is 412 g/mol. The molecule has 0 fully saturated rings. The summed E-state index contributed by atoms with van der Waals surface area (Å²) >= 11 is 6.15. The number of halogens is 1. The van der Waals surface area contributed by atoms with Crippen LogP contribution in [0.1, 0.15) is 25.6 Å². The summed E-state index contributed by atoms with van der Waals surface area (Å²) < 4.78 is 13.7. The summed E-state index contributed by atoms with van der Waals surface area (Å²) in [6, 6.07) is 7.11. The zero-order chi connectivity index (χ0) is 21.3. The van der Waals surface area contributed by atoms with Crippen molar-refractivity contribution in [2.45, 2.75) is 32.9 Å². The Morgan fingerprint density at radius 1 is 1.23 bits per heavy atom. The minimum atomic E-state index is -0.497. The molecule has 0 saturated carbocycles. The van der Waals surface area contributed by atoms with Crippen LogP contribution >= 0.6 is 11.6 Å². The number of ether oxygens (including phenoxy) is 1. The van der Waals surface area contributed by atoms with Crippen LogP contribution in [0.2, 0.25) is 5.02 Å². The molecule has 10 nitrogen and oxygen atoms in total. The highest BCUT2D eigenvalue weighted by Gasteiger charge is 2.18. The van der Waals surface area contributed by atoms with Gasteiger partial charge in [-0.3, -0.25) is 18.9 Å². The molecule has 0 aliphatic rings. The van der Waals surface area contributed by atoms with E-state index in [0.29, 0.717) is 39.9 Å². The van der Waals surface area contributed by atoms with E-state index in [1.54, 1.807) is 29.8 Å². The summed E-state index contributed by atoms with van der Waals surface area (Å²) in [5.74, 6) is 0.731. The molecule has 0 amide bonds. The van der Waals surface area contributed by atoms with Crippen molar-refractivity contribution < 1.29 is 9.26 Å². The van der Waals surface area contributed by atoms with Crippen molar-refractivity contribution in [3.05, 3.63) is 56.0 Å². The van der Waals surface area contributed by atoms with Crippen LogP contribution in [-0.2, 0) is 20.2 Å².